The number of aromatic hydroxyl groups is 1. The topological polar surface area (TPSA) is 88.4 Å². The van der Waals surface area contributed by atoms with Crippen LogP contribution >= 0.6 is 12.4 Å². The molecule has 0 fully saturated rings. The van der Waals surface area contributed by atoms with Crippen molar-refractivity contribution in [3.63, 3.8) is 0 Å². The van der Waals surface area contributed by atoms with Crippen LogP contribution in [0.1, 0.15) is 44.2 Å². The third-order valence-electron chi connectivity index (χ3n) is 5.67. The van der Waals surface area contributed by atoms with E-state index in [-0.39, 0.29) is 23.6 Å². The third kappa shape index (κ3) is 7.94. The Kier molecular flexibility index (Phi) is 11.0. The number of aryl methyl sites for hydroxylation is 1. The molecule has 0 aliphatic carbocycles. The van der Waals surface area contributed by atoms with Crippen LogP contribution in [0.2, 0.25) is 0 Å². The van der Waals surface area contributed by atoms with Gasteiger partial charge in [0.1, 0.15) is 5.75 Å². The van der Waals surface area contributed by atoms with Crippen LogP contribution < -0.4 is 20.8 Å². The molecule has 1 aromatic carbocycles. The molecule has 2 aromatic heterocycles. The van der Waals surface area contributed by atoms with Crippen molar-refractivity contribution in [3.8, 4) is 11.5 Å². The highest BCUT2D eigenvalue weighted by molar-refractivity contribution is 5.91. The lowest BCUT2D eigenvalue weighted by Crippen LogP contribution is -2.19. The summed E-state index contributed by atoms with van der Waals surface area (Å²) in [7, 11) is 3.50. The molecule has 0 bridgehead atoms. The Balaban J connectivity index is 0.00000385. The normalized spacial score (nSPS) is 10.7. The van der Waals surface area contributed by atoms with E-state index in [0.29, 0.717) is 6.54 Å². The molecule has 0 unspecified atom stereocenters. The lowest BCUT2D eigenvalue weighted by atomic mass is 10.1. The maximum Gasteiger partial charge on any atom is 0.223 e. The van der Waals surface area contributed by atoms with Crippen molar-refractivity contribution in [2.45, 2.75) is 45.1 Å². The number of pyridine rings is 2. The summed E-state index contributed by atoms with van der Waals surface area (Å²) in [5.74, 6) is 0.615. The molecule has 0 amide bonds. The second kappa shape index (κ2) is 13.7. The minimum absolute atomic E-state index is 0. The van der Waals surface area contributed by atoms with Gasteiger partial charge in [-0.2, -0.15) is 0 Å². The van der Waals surface area contributed by atoms with Crippen LogP contribution in [-0.4, -0.2) is 34.9 Å². The zero-order valence-electron chi connectivity index (χ0n) is 19.5. The number of nitrogens with one attached hydrogen (secondary N) is 2. The van der Waals surface area contributed by atoms with Crippen molar-refractivity contribution in [1.82, 2.24) is 14.9 Å². The number of anilines is 1. The van der Waals surface area contributed by atoms with E-state index >= 15 is 0 Å². The van der Waals surface area contributed by atoms with Crippen LogP contribution in [0.15, 0.2) is 47.5 Å². The second-order valence-electron chi connectivity index (χ2n) is 8.09. The quantitative estimate of drug-likeness (QED) is 0.313. The maximum atomic E-state index is 11.5. The van der Waals surface area contributed by atoms with Gasteiger partial charge in [-0.25, -0.2) is 0 Å². The Bertz CT molecular complexity index is 1070. The van der Waals surface area contributed by atoms with Crippen LogP contribution in [0.3, 0.4) is 0 Å². The number of methoxy groups -OCH3 is 1. The molecule has 3 N–H and O–H groups in total. The van der Waals surface area contributed by atoms with Crippen molar-refractivity contribution < 1.29 is 9.84 Å². The average Bonchev–Trinajstić information content (AvgIpc) is 2.80. The van der Waals surface area contributed by atoms with Gasteiger partial charge in [0.05, 0.1) is 12.6 Å². The fourth-order valence-electron chi connectivity index (χ4n) is 3.76. The largest absolute Gasteiger partial charge is 0.503 e. The first kappa shape index (κ1) is 26.5. The Labute approximate surface area is 201 Å². The first-order valence-corrected chi connectivity index (χ1v) is 11.3. The highest BCUT2D eigenvalue weighted by atomic mass is 35.5. The number of hydrogen-bond donors (Lipinski definition) is 3. The number of ether oxygens (including phenoxy) is 1. The summed E-state index contributed by atoms with van der Waals surface area (Å²) in [4.78, 5) is 16.0. The van der Waals surface area contributed by atoms with Gasteiger partial charge >= 0.3 is 0 Å². The van der Waals surface area contributed by atoms with E-state index < -0.39 is 0 Å². The number of hydrogen-bond acceptors (Lipinski definition) is 6. The number of benzene rings is 1. The molecule has 2 heterocycles. The lowest BCUT2D eigenvalue weighted by Gasteiger charge is -2.11. The van der Waals surface area contributed by atoms with Crippen molar-refractivity contribution in [2.24, 2.45) is 7.05 Å². The fourth-order valence-corrected chi connectivity index (χ4v) is 3.76. The molecule has 0 saturated heterocycles. The summed E-state index contributed by atoms with van der Waals surface area (Å²) in [5, 5.41) is 17.5. The lowest BCUT2D eigenvalue weighted by molar-refractivity contribution is 0.415. The number of halogens is 1. The van der Waals surface area contributed by atoms with Crippen molar-refractivity contribution >= 4 is 29.0 Å². The van der Waals surface area contributed by atoms with Gasteiger partial charge < -0.3 is 25.0 Å². The zero-order valence-corrected chi connectivity index (χ0v) is 20.3. The SMILES string of the molecule is COc1ccc2c(NCCCCCCCCNCc3cc(=O)c(O)cn3C)ccnc2c1.Cl. The van der Waals surface area contributed by atoms with E-state index in [1.165, 1.54) is 37.9 Å². The Morgan fingerprint density at radius 1 is 1.03 bits per heavy atom. The van der Waals surface area contributed by atoms with E-state index in [9.17, 15) is 9.90 Å². The fraction of sp³-hybridized carbons (Fsp3) is 0.440. The van der Waals surface area contributed by atoms with Gasteiger partial charge in [-0.05, 0) is 37.6 Å². The summed E-state index contributed by atoms with van der Waals surface area (Å²) in [6.07, 6.45) is 10.4. The molecular weight excluding hydrogens is 440 g/mol. The molecule has 0 saturated carbocycles. The summed E-state index contributed by atoms with van der Waals surface area (Å²) < 4.78 is 7.06. The molecule has 3 rings (SSSR count). The molecule has 180 valence electrons. The van der Waals surface area contributed by atoms with Gasteiger partial charge in [0.15, 0.2) is 5.75 Å². The minimum Gasteiger partial charge on any atom is -0.503 e. The molecule has 3 aromatic rings. The van der Waals surface area contributed by atoms with Crippen LogP contribution in [0.4, 0.5) is 5.69 Å². The predicted molar refractivity (Wildman–Crippen MR) is 137 cm³/mol. The summed E-state index contributed by atoms with van der Waals surface area (Å²) in [5.41, 5.74) is 2.61. The molecule has 0 atom stereocenters. The maximum absolute atomic E-state index is 11.5. The van der Waals surface area contributed by atoms with Gasteiger partial charge in [-0.1, -0.05) is 25.7 Å². The molecule has 7 nitrogen and oxygen atoms in total. The second-order valence-corrected chi connectivity index (χ2v) is 8.09. The molecule has 8 heteroatoms. The standard InChI is InChI=1S/C25H34N4O3.ClH/c1-29-18-25(31)24(30)15-19(29)17-26-12-7-5-3-4-6-8-13-27-22-11-14-28-23-16-20(32-2)9-10-21(22)23;/h9-11,14-16,18,26,31H,3-8,12-13,17H2,1-2H3,(H,27,28);1H. The van der Waals surface area contributed by atoms with Gasteiger partial charge in [0.25, 0.3) is 0 Å². The summed E-state index contributed by atoms with van der Waals surface area (Å²) in [6, 6.07) is 9.50. The number of aromatic nitrogens is 2. The predicted octanol–water partition coefficient (Wildman–Crippen LogP) is 4.61. The molecule has 0 radical (unpaired) electrons. The van der Waals surface area contributed by atoms with Crippen LogP contribution in [-0.2, 0) is 13.6 Å². The van der Waals surface area contributed by atoms with E-state index in [1.54, 1.807) is 11.7 Å². The van der Waals surface area contributed by atoms with Crippen molar-refractivity contribution in [2.75, 3.05) is 25.5 Å². The van der Waals surface area contributed by atoms with E-state index in [4.69, 9.17) is 4.74 Å². The number of fused-ring (bicyclic) bond motifs is 1. The van der Waals surface area contributed by atoms with E-state index in [0.717, 1.165) is 54.0 Å². The average molecular weight is 475 g/mol. The molecule has 0 aliphatic rings. The summed E-state index contributed by atoms with van der Waals surface area (Å²) in [6.45, 7) is 2.52. The Morgan fingerprint density at radius 3 is 2.52 bits per heavy atom. The number of rotatable bonds is 13. The van der Waals surface area contributed by atoms with Gasteiger partial charge in [0.2, 0.25) is 5.43 Å². The molecule has 33 heavy (non-hydrogen) atoms. The van der Waals surface area contributed by atoms with E-state index in [2.05, 4.69) is 21.7 Å². The minimum atomic E-state index is -0.327. The van der Waals surface area contributed by atoms with Gasteiger partial charge in [-0.3, -0.25) is 9.78 Å². The molecule has 0 spiro atoms. The van der Waals surface area contributed by atoms with Crippen LogP contribution in [0.5, 0.6) is 11.5 Å². The van der Waals surface area contributed by atoms with Crippen molar-refractivity contribution in [3.05, 3.63) is 58.6 Å². The number of nitrogens with zero attached hydrogens (tertiary/aromatic N) is 2. The Morgan fingerprint density at radius 2 is 1.76 bits per heavy atom. The van der Waals surface area contributed by atoms with Crippen molar-refractivity contribution in [1.29, 1.82) is 0 Å². The Hall–Kier alpha value is -2.77. The third-order valence-corrected chi connectivity index (χ3v) is 5.67. The van der Waals surface area contributed by atoms with Crippen LogP contribution in [0.25, 0.3) is 10.9 Å². The van der Waals surface area contributed by atoms with Crippen LogP contribution in [0, 0.1) is 0 Å². The highest BCUT2D eigenvalue weighted by Gasteiger charge is 2.04. The summed E-state index contributed by atoms with van der Waals surface area (Å²) >= 11 is 0. The smallest absolute Gasteiger partial charge is 0.223 e. The van der Waals surface area contributed by atoms with E-state index in [1.807, 2.05) is 31.4 Å². The number of unbranched alkanes of at least 4 members (excludes halogenated alkanes) is 5. The van der Waals surface area contributed by atoms with Gasteiger partial charge in [0, 0.05) is 61.4 Å². The molecule has 0 aliphatic heterocycles. The first-order valence-electron chi connectivity index (χ1n) is 11.3. The first-order chi connectivity index (χ1) is 15.6. The van der Waals surface area contributed by atoms with Gasteiger partial charge in [-0.15, -0.1) is 12.4 Å². The molecular formula is C25H35ClN4O3. The zero-order chi connectivity index (χ0) is 22.8. The monoisotopic (exact) mass is 474 g/mol. The highest BCUT2D eigenvalue weighted by Crippen LogP contribution is 2.25.